The van der Waals surface area contributed by atoms with Gasteiger partial charge in [-0.25, -0.2) is 0 Å². The summed E-state index contributed by atoms with van der Waals surface area (Å²) in [7, 11) is 0. The van der Waals surface area contributed by atoms with Gasteiger partial charge in [0.1, 0.15) is 0 Å². The van der Waals surface area contributed by atoms with Gasteiger partial charge in [0.05, 0.1) is 6.10 Å². The highest BCUT2D eigenvalue weighted by Crippen LogP contribution is 2.23. The number of hydrogen-bond acceptors (Lipinski definition) is 3. The van der Waals surface area contributed by atoms with Crippen molar-refractivity contribution in [2.24, 2.45) is 0 Å². The van der Waals surface area contributed by atoms with Crippen LogP contribution >= 0.6 is 0 Å². The lowest BCUT2D eigenvalue weighted by Gasteiger charge is -2.35. The van der Waals surface area contributed by atoms with Crippen molar-refractivity contribution in [3.05, 3.63) is 34.9 Å². The van der Waals surface area contributed by atoms with Gasteiger partial charge in [-0.1, -0.05) is 6.07 Å². The number of aryl methyl sites for hydroxylation is 2. The quantitative estimate of drug-likeness (QED) is 0.857. The van der Waals surface area contributed by atoms with Crippen LogP contribution in [0, 0.1) is 0 Å². The highest BCUT2D eigenvalue weighted by Gasteiger charge is 2.26. The van der Waals surface area contributed by atoms with Gasteiger partial charge >= 0.3 is 0 Å². The fourth-order valence-electron chi connectivity index (χ4n) is 4.10. The third kappa shape index (κ3) is 3.29. The van der Waals surface area contributed by atoms with Crippen LogP contribution in [0.5, 0.6) is 0 Å². The maximum atomic E-state index is 12.7. The Balaban J connectivity index is 1.33. The van der Waals surface area contributed by atoms with E-state index < -0.39 is 0 Å². The van der Waals surface area contributed by atoms with Crippen molar-refractivity contribution in [2.75, 3.05) is 39.3 Å². The van der Waals surface area contributed by atoms with Crippen LogP contribution in [0.4, 0.5) is 0 Å². The van der Waals surface area contributed by atoms with Crippen LogP contribution in [-0.2, 0) is 17.6 Å². The maximum Gasteiger partial charge on any atom is 0.253 e. The first-order chi connectivity index (χ1) is 11.3. The van der Waals surface area contributed by atoms with Crippen LogP contribution < -0.4 is 0 Å². The second kappa shape index (κ2) is 6.62. The molecule has 1 amide bonds. The van der Waals surface area contributed by atoms with Gasteiger partial charge in [-0.05, 0) is 55.4 Å². The second-order valence-corrected chi connectivity index (χ2v) is 7.06. The molecule has 2 aliphatic heterocycles. The smallest absolute Gasteiger partial charge is 0.253 e. The average Bonchev–Trinajstić information content (AvgIpc) is 3.25. The third-order valence-electron chi connectivity index (χ3n) is 5.49. The number of piperazine rings is 1. The van der Waals surface area contributed by atoms with Crippen molar-refractivity contribution in [1.29, 1.82) is 0 Å². The van der Waals surface area contributed by atoms with E-state index in [4.69, 9.17) is 4.74 Å². The summed E-state index contributed by atoms with van der Waals surface area (Å²) in [5, 5.41) is 0. The standard InChI is InChI=1S/C19H26N2O2/c22-19(17-7-6-15-3-1-4-16(15)13-17)21-10-8-20(9-11-21)14-18-5-2-12-23-18/h6-7,13,18H,1-5,8-12,14H2. The van der Waals surface area contributed by atoms with Crippen LogP contribution in [0.25, 0.3) is 0 Å². The summed E-state index contributed by atoms with van der Waals surface area (Å²) in [5.74, 6) is 0.205. The molecule has 0 bridgehead atoms. The molecular weight excluding hydrogens is 288 g/mol. The SMILES string of the molecule is O=C(c1ccc2c(c1)CCC2)N1CCN(CC2CCCO2)CC1. The minimum Gasteiger partial charge on any atom is -0.377 e. The zero-order valence-electron chi connectivity index (χ0n) is 13.8. The Kier molecular flexibility index (Phi) is 4.36. The van der Waals surface area contributed by atoms with Crippen molar-refractivity contribution >= 4 is 5.91 Å². The van der Waals surface area contributed by atoms with Gasteiger partial charge in [-0.3, -0.25) is 9.69 Å². The molecule has 0 spiro atoms. The Labute approximate surface area is 138 Å². The third-order valence-corrected chi connectivity index (χ3v) is 5.49. The molecule has 124 valence electrons. The van der Waals surface area contributed by atoms with Crippen LogP contribution in [0.2, 0.25) is 0 Å². The summed E-state index contributed by atoms with van der Waals surface area (Å²) < 4.78 is 5.72. The number of benzene rings is 1. The minimum atomic E-state index is 0.205. The first kappa shape index (κ1) is 15.2. The number of rotatable bonds is 3. The molecule has 4 nitrogen and oxygen atoms in total. The molecule has 0 aromatic heterocycles. The number of hydrogen-bond donors (Lipinski definition) is 0. The second-order valence-electron chi connectivity index (χ2n) is 7.06. The highest BCUT2D eigenvalue weighted by atomic mass is 16.5. The van der Waals surface area contributed by atoms with Crippen molar-refractivity contribution in [3.63, 3.8) is 0 Å². The largest absolute Gasteiger partial charge is 0.377 e. The molecule has 2 fully saturated rings. The molecule has 4 heteroatoms. The van der Waals surface area contributed by atoms with E-state index in [1.54, 1.807) is 0 Å². The van der Waals surface area contributed by atoms with Gasteiger partial charge < -0.3 is 9.64 Å². The van der Waals surface area contributed by atoms with Gasteiger partial charge in [0.15, 0.2) is 0 Å². The summed E-state index contributed by atoms with van der Waals surface area (Å²) in [5.41, 5.74) is 3.69. The van der Waals surface area contributed by atoms with Gasteiger partial charge in [0, 0.05) is 44.9 Å². The maximum absolute atomic E-state index is 12.7. The normalized spacial score (nSPS) is 24.9. The fourth-order valence-corrected chi connectivity index (χ4v) is 4.10. The number of carbonyl (C=O) groups is 1. The van der Waals surface area contributed by atoms with Gasteiger partial charge in [-0.2, -0.15) is 0 Å². The molecule has 2 saturated heterocycles. The topological polar surface area (TPSA) is 32.8 Å². The zero-order chi connectivity index (χ0) is 15.6. The number of amides is 1. The van der Waals surface area contributed by atoms with Crippen LogP contribution in [0.1, 0.15) is 40.7 Å². The summed E-state index contributed by atoms with van der Waals surface area (Å²) in [4.78, 5) is 17.2. The molecule has 0 saturated carbocycles. The van der Waals surface area contributed by atoms with E-state index in [0.29, 0.717) is 6.10 Å². The highest BCUT2D eigenvalue weighted by molar-refractivity contribution is 5.94. The van der Waals surface area contributed by atoms with E-state index in [1.807, 2.05) is 11.0 Å². The molecule has 1 aromatic carbocycles. The number of carbonyl (C=O) groups excluding carboxylic acids is 1. The molecule has 2 heterocycles. The molecular formula is C19H26N2O2. The van der Waals surface area contributed by atoms with E-state index in [2.05, 4.69) is 17.0 Å². The van der Waals surface area contributed by atoms with E-state index in [9.17, 15) is 4.79 Å². The number of fused-ring (bicyclic) bond motifs is 1. The number of nitrogens with zero attached hydrogens (tertiary/aromatic N) is 2. The predicted octanol–water partition coefficient (Wildman–Crippen LogP) is 2.11. The summed E-state index contributed by atoms with van der Waals surface area (Å²) in [6.45, 7) is 5.56. The monoisotopic (exact) mass is 314 g/mol. The van der Waals surface area contributed by atoms with Crippen LogP contribution in [0.15, 0.2) is 18.2 Å². The Hall–Kier alpha value is -1.39. The molecule has 0 N–H and O–H groups in total. The zero-order valence-corrected chi connectivity index (χ0v) is 13.8. The summed E-state index contributed by atoms with van der Waals surface area (Å²) in [6, 6.07) is 6.30. The molecule has 1 unspecified atom stereocenters. The Morgan fingerprint density at radius 1 is 1.09 bits per heavy atom. The molecule has 3 aliphatic rings. The molecule has 0 radical (unpaired) electrons. The summed E-state index contributed by atoms with van der Waals surface area (Å²) >= 11 is 0. The predicted molar refractivity (Wildman–Crippen MR) is 89.8 cm³/mol. The Morgan fingerprint density at radius 3 is 2.70 bits per heavy atom. The van der Waals surface area contributed by atoms with Crippen LogP contribution in [-0.4, -0.2) is 61.1 Å². The summed E-state index contributed by atoms with van der Waals surface area (Å²) in [6.07, 6.45) is 6.33. The Morgan fingerprint density at radius 2 is 1.91 bits per heavy atom. The Bertz CT molecular complexity index is 573. The fraction of sp³-hybridized carbons (Fsp3) is 0.632. The van der Waals surface area contributed by atoms with Crippen molar-refractivity contribution in [3.8, 4) is 0 Å². The number of ether oxygens (including phenoxy) is 1. The lowest BCUT2D eigenvalue weighted by atomic mass is 10.1. The van der Waals surface area contributed by atoms with E-state index in [0.717, 1.165) is 51.3 Å². The van der Waals surface area contributed by atoms with E-state index in [-0.39, 0.29) is 5.91 Å². The van der Waals surface area contributed by atoms with E-state index >= 15 is 0 Å². The molecule has 1 atom stereocenters. The average molecular weight is 314 g/mol. The molecule has 1 aliphatic carbocycles. The van der Waals surface area contributed by atoms with Crippen molar-refractivity contribution < 1.29 is 9.53 Å². The van der Waals surface area contributed by atoms with Gasteiger partial charge in [-0.15, -0.1) is 0 Å². The first-order valence-electron chi connectivity index (χ1n) is 9.04. The lowest BCUT2D eigenvalue weighted by molar-refractivity contribution is 0.0432. The van der Waals surface area contributed by atoms with Crippen molar-refractivity contribution in [2.45, 2.75) is 38.2 Å². The lowest BCUT2D eigenvalue weighted by Crippen LogP contribution is -2.50. The van der Waals surface area contributed by atoms with Gasteiger partial charge in [0.2, 0.25) is 0 Å². The molecule has 4 rings (SSSR count). The minimum absolute atomic E-state index is 0.205. The van der Waals surface area contributed by atoms with E-state index in [1.165, 1.54) is 36.8 Å². The van der Waals surface area contributed by atoms with Crippen LogP contribution in [0.3, 0.4) is 0 Å². The molecule has 1 aromatic rings. The van der Waals surface area contributed by atoms with Gasteiger partial charge in [0.25, 0.3) is 5.91 Å². The molecule has 23 heavy (non-hydrogen) atoms. The first-order valence-corrected chi connectivity index (χ1v) is 9.04. The van der Waals surface area contributed by atoms with Crippen molar-refractivity contribution in [1.82, 2.24) is 9.80 Å².